The molecule has 9 heteroatoms. The van der Waals surface area contributed by atoms with Crippen LogP contribution in [0, 0.1) is 0 Å². The van der Waals surface area contributed by atoms with Crippen LogP contribution in [0.3, 0.4) is 0 Å². The zero-order chi connectivity index (χ0) is 25.0. The Kier molecular flexibility index (Phi) is 17.6. The number of carbonyl (C=O) groups is 2. The molecule has 1 fully saturated rings. The van der Waals surface area contributed by atoms with Gasteiger partial charge in [-0.3, -0.25) is 4.90 Å². The van der Waals surface area contributed by atoms with Crippen LogP contribution in [0.1, 0.15) is 85.5 Å². The smallest absolute Gasteiger partial charge is 0.407 e. The van der Waals surface area contributed by atoms with Gasteiger partial charge in [-0.15, -0.1) is 0 Å². The highest BCUT2D eigenvalue weighted by molar-refractivity contribution is 5.67. The minimum atomic E-state index is -0.422. The van der Waals surface area contributed by atoms with Crippen LogP contribution in [0.25, 0.3) is 0 Å². The standard InChI is InChI=1S/C25H50N4O5/c1-5-6-7-10-14-27-24(30)33-21(2)19-32-20-22(3)34-25(31)28-15-11-8-9-12-17-29-18-13-16-26-23(29)4/h21-23,26H,5-20H2,1-4H3,(H,27,30)(H,28,31). The van der Waals surface area contributed by atoms with Gasteiger partial charge in [0.2, 0.25) is 0 Å². The maximum Gasteiger partial charge on any atom is 0.407 e. The van der Waals surface area contributed by atoms with Crippen LogP contribution in [-0.4, -0.2) is 81.4 Å². The van der Waals surface area contributed by atoms with Crippen molar-refractivity contribution in [2.75, 3.05) is 45.9 Å². The summed E-state index contributed by atoms with van der Waals surface area (Å²) in [6.07, 6.45) is 8.93. The fraction of sp³-hybridized carbons (Fsp3) is 0.920. The molecule has 3 N–H and O–H groups in total. The molecule has 0 aromatic rings. The lowest BCUT2D eigenvalue weighted by Crippen LogP contribution is -2.49. The van der Waals surface area contributed by atoms with Crippen molar-refractivity contribution < 1.29 is 23.8 Å². The molecule has 0 aromatic heterocycles. The fourth-order valence-corrected chi connectivity index (χ4v) is 3.86. The SMILES string of the molecule is CCCCCCNC(=O)OC(C)COCC(C)OC(=O)NCCCCCCN1CCCNC1C. The van der Waals surface area contributed by atoms with Crippen LogP contribution >= 0.6 is 0 Å². The largest absolute Gasteiger partial charge is 0.444 e. The van der Waals surface area contributed by atoms with Crippen LogP contribution in [0.2, 0.25) is 0 Å². The molecule has 1 saturated heterocycles. The molecule has 200 valence electrons. The van der Waals surface area contributed by atoms with E-state index in [0.29, 0.717) is 19.3 Å². The summed E-state index contributed by atoms with van der Waals surface area (Å²) in [7, 11) is 0. The Bertz CT molecular complexity index is 537. The second-order valence-corrected chi connectivity index (χ2v) is 9.32. The van der Waals surface area contributed by atoms with E-state index in [0.717, 1.165) is 38.8 Å². The molecule has 0 bridgehead atoms. The van der Waals surface area contributed by atoms with Crippen LogP contribution in [-0.2, 0) is 14.2 Å². The summed E-state index contributed by atoms with van der Waals surface area (Å²) in [5.74, 6) is 0. The Morgan fingerprint density at radius 2 is 1.47 bits per heavy atom. The van der Waals surface area contributed by atoms with Gasteiger partial charge in [0.15, 0.2) is 0 Å². The van der Waals surface area contributed by atoms with Crippen LogP contribution in [0.15, 0.2) is 0 Å². The molecule has 1 aliphatic rings. The lowest BCUT2D eigenvalue weighted by atomic mass is 10.1. The van der Waals surface area contributed by atoms with E-state index in [1.54, 1.807) is 13.8 Å². The second-order valence-electron chi connectivity index (χ2n) is 9.32. The van der Waals surface area contributed by atoms with E-state index in [1.165, 1.54) is 38.6 Å². The van der Waals surface area contributed by atoms with Crippen molar-refractivity contribution in [3.05, 3.63) is 0 Å². The number of hydrogen-bond donors (Lipinski definition) is 3. The third-order valence-corrected chi connectivity index (χ3v) is 5.87. The highest BCUT2D eigenvalue weighted by Crippen LogP contribution is 2.07. The topological polar surface area (TPSA) is 101 Å². The summed E-state index contributed by atoms with van der Waals surface area (Å²) in [6, 6.07) is 0. The molecule has 1 heterocycles. The zero-order valence-corrected chi connectivity index (χ0v) is 22.0. The van der Waals surface area contributed by atoms with Crippen LogP contribution < -0.4 is 16.0 Å². The first-order valence-electron chi connectivity index (χ1n) is 13.4. The molecule has 9 nitrogen and oxygen atoms in total. The van der Waals surface area contributed by atoms with E-state index in [4.69, 9.17) is 14.2 Å². The van der Waals surface area contributed by atoms with Crippen molar-refractivity contribution in [1.29, 1.82) is 0 Å². The minimum Gasteiger partial charge on any atom is -0.444 e. The zero-order valence-electron chi connectivity index (χ0n) is 22.0. The molecule has 3 atom stereocenters. The van der Waals surface area contributed by atoms with Gasteiger partial charge >= 0.3 is 12.2 Å². The van der Waals surface area contributed by atoms with Crippen molar-refractivity contribution in [1.82, 2.24) is 20.9 Å². The summed E-state index contributed by atoms with van der Waals surface area (Å²) < 4.78 is 16.1. The molecule has 0 aliphatic carbocycles. The average Bonchev–Trinajstić information content (AvgIpc) is 2.79. The van der Waals surface area contributed by atoms with Crippen LogP contribution in [0.5, 0.6) is 0 Å². The van der Waals surface area contributed by atoms with Gasteiger partial charge in [-0.2, -0.15) is 0 Å². The van der Waals surface area contributed by atoms with Gasteiger partial charge in [0.05, 0.1) is 19.4 Å². The third-order valence-electron chi connectivity index (χ3n) is 5.87. The molecular weight excluding hydrogens is 436 g/mol. The normalized spacial score (nSPS) is 18.2. The Labute approximate surface area is 207 Å². The Morgan fingerprint density at radius 3 is 2.03 bits per heavy atom. The summed E-state index contributed by atoms with van der Waals surface area (Å²) in [6.45, 7) is 13.1. The summed E-state index contributed by atoms with van der Waals surface area (Å²) >= 11 is 0. The molecule has 0 aromatic carbocycles. The molecule has 1 rings (SSSR count). The van der Waals surface area contributed by atoms with Crippen molar-refractivity contribution in [2.24, 2.45) is 0 Å². The van der Waals surface area contributed by atoms with E-state index < -0.39 is 12.2 Å². The summed E-state index contributed by atoms with van der Waals surface area (Å²) in [5.41, 5.74) is 0. The molecular formula is C25H50N4O5. The quantitative estimate of drug-likeness (QED) is 0.252. The minimum absolute atomic E-state index is 0.254. The van der Waals surface area contributed by atoms with Gasteiger partial charge < -0.3 is 30.2 Å². The van der Waals surface area contributed by atoms with Gasteiger partial charge in [-0.1, -0.05) is 39.0 Å². The number of nitrogens with zero attached hydrogens (tertiary/aromatic N) is 1. The number of nitrogens with one attached hydrogen (secondary N) is 3. The van der Waals surface area contributed by atoms with Gasteiger partial charge in [-0.25, -0.2) is 9.59 Å². The molecule has 0 saturated carbocycles. The summed E-state index contributed by atoms with van der Waals surface area (Å²) in [5, 5.41) is 9.05. The first-order chi connectivity index (χ1) is 16.4. The second kappa shape index (κ2) is 19.7. The van der Waals surface area contributed by atoms with E-state index >= 15 is 0 Å². The Hall–Kier alpha value is -1.58. The van der Waals surface area contributed by atoms with Crippen LogP contribution in [0.4, 0.5) is 9.59 Å². The number of amides is 2. The molecule has 0 spiro atoms. The lowest BCUT2D eigenvalue weighted by molar-refractivity contribution is -0.00944. The highest BCUT2D eigenvalue weighted by atomic mass is 16.6. The molecule has 0 radical (unpaired) electrons. The van der Waals surface area contributed by atoms with Crippen molar-refractivity contribution >= 4 is 12.2 Å². The molecule has 3 unspecified atom stereocenters. The Balaban J connectivity index is 1.95. The first-order valence-corrected chi connectivity index (χ1v) is 13.4. The van der Waals surface area contributed by atoms with Gasteiger partial charge in [0.1, 0.15) is 12.2 Å². The Morgan fingerprint density at radius 1 is 0.912 bits per heavy atom. The number of hydrogen-bond acceptors (Lipinski definition) is 7. The van der Waals surface area contributed by atoms with Gasteiger partial charge in [0.25, 0.3) is 0 Å². The van der Waals surface area contributed by atoms with E-state index in [9.17, 15) is 9.59 Å². The predicted octanol–water partition coefficient (Wildman–Crippen LogP) is 4.01. The average molecular weight is 487 g/mol. The maximum absolute atomic E-state index is 11.9. The highest BCUT2D eigenvalue weighted by Gasteiger charge is 2.16. The van der Waals surface area contributed by atoms with E-state index in [-0.39, 0.29) is 25.4 Å². The van der Waals surface area contributed by atoms with Crippen molar-refractivity contribution in [3.8, 4) is 0 Å². The van der Waals surface area contributed by atoms with E-state index in [1.807, 2.05) is 0 Å². The first kappa shape index (κ1) is 30.5. The number of unbranched alkanes of at least 4 members (excludes halogenated alkanes) is 6. The lowest BCUT2D eigenvalue weighted by Gasteiger charge is -2.34. The summed E-state index contributed by atoms with van der Waals surface area (Å²) in [4.78, 5) is 26.1. The van der Waals surface area contributed by atoms with E-state index in [2.05, 4.69) is 34.7 Å². The monoisotopic (exact) mass is 486 g/mol. The molecule has 2 amide bonds. The van der Waals surface area contributed by atoms with Gasteiger partial charge in [0, 0.05) is 19.6 Å². The maximum atomic E-state index is 11.9. The third kappa shape index (κ3) is 16.1. The molecule has 34 heavy (non-hydrogen) atoms. The number of ether oxygens (including phenoxy) is 3. The van der Waals surface area contributed by atoms with Crippen molar-refractivity contribution in [2.45, 2.75) is 104 Å². The predicted molar refractivity (Wildman–Crippen MR) is 135 cm³/mol. The van der Waals surface area contributed by atoms with Gasteiger partial charge in [-0.05, 0) is 59.5 Å². The fourth-order valence-electron chi connectivity index (χ4n) is 3.86. The molecule has 1 aliphatic heterocycles. The van der Waals surface area contributed by atoms with Crippen molar-refractivity contribution in [3.63, 3.8) is 0 Å². The number of carbonyl (C=O) groups excluding carboxylic acids is 2. The number of alkyl carbamates (subject to hydrolysis) is 2. The number of rotatable bonds is 18.